The highest BCUT2D eigenvalue weighted by Crippen LogP contribution is 2.35. The molecule has 0 aliphatic heterocycles. The molecule has 11 nitrogen and oxygen atoms in total. The number of carbonyl (C=O) groups is 1. The first-order valence-electron chi connectivity index (χ1n) is 13.4. The second kappa shape index (κ2) is 11.0. The lowest BCUT2D eigenvalue weighted by molar-refractivity contribution is -0.118. The third kappa shape index (κ3) is 5.98. The van der Waals surface area contributed by atoms with Gasteiger partial charge in [0.1, 0.15) is 11.5 Å². The Morgan fingerprint density at radius 1 is 0.930 bits per heavy atom. The van der Waals surface area contributed by atoms with Crippen LogP contribution < -0.4 is 10.0 Å². The van der Waals surface area contributed by atoms with E-state index in [1.807, 2.05) is 32.0 Å². The zero-order chi connectivity index (χ0) is 30.3. The van der Waals surface area contributed by atoms with Crippen LogP contribution in [0.2, 0.25) is 0 Å². The predicted octanol–water partition coefficient (Wildman–Crippen LogP) is 5.01. The summed E-state index contributed by atoms with van der Waals surface area (Å²) in [5, 5.41) is 12.0. The molecule has 6 aromatic rings. The fourth-order valence-electron chi connectivity index (χ4n) is 4.75. The standard InChI is InChI=1S/C30H27FN8O3S/c1-16(2)30(40)36-21-7-19(11-32-12-21)25-9-23-28(15-34-25)38-39-29(23)26-8-22-24(13-33-14-27(22)37-26)18-4-17(5-20(31)6-18)10-35-43(3,41)42/h4-9,11-16,35,37H,10H2,1-3H3,(H,36,40)(H,38,39). The van der Waals surface area contributed by atoms with Gasteiger partial charge in [-0.3, -0.25) is 24.8 Å². The monoisotopic (exact) mass is 598 g/mol. The van der Waals surface area contributed by atoms with E-state index >= 15 is 0 Å². The van der Waals surface area contributed by atoms with Crippen LogP contribution in [0.25, 0.3) is 55.6 Å². The molecule has 13 heteroatoms. The Hall–Kier alpha value is -5.01. The van der Waals surface area contributed by atoms with Crippen molar-refractivity contribution in [2.45, 2.75) is 20.4 Å². The van der Waals surface area contributed by atoms with Crippen molar-refractivity contribution in [3.8, 4) is 33.8 Å². The fraction of sp³-hybridized carbons (Fsp3) is 0.167. The first kappa shape index (κ1) is 28.1. The van der Waals surface area contributed by atoms with E-state index in [0.717, 1.165) is 33.6 Å². The van der Waals surface area contributed by atoms with Crippen LogP contribution in [-0.4, -0.2) is 50.7 Å². The summed E-state index contributed by atoms with van der Waals surface area (Å²) in [7, 11) is -3.44. The molecule has 0 radical (unpaired) electrons. The molecule has 43 heavy (non-hydrogen) atoms. The minimum absolute atomic E-state index is 0.0382. The van der Waals surface area contributed by atoms with Gasteiger partial charge >= 0.3 is 0 Å². The molecule has 0 fully saturated rings. The number of hydrogen-bond donors (Lipinski definition) is 4. The van der Waals surface area contributed by atoms with Gasteiger partial charge in [0.2, 0.25) is 15.9 Å². The molecular formula is C30H27FN8O3S. The Labute approximate surface area is 246 Å². The number of amides is 1. The molecule has 0 unspecified atom stereocenters. The molecule has 218 valence electrons. The van der Waals surface area contributed by atoms with Gasteiger partial charge in [-0.05, 0) is 47.5 Å². The molecule has 1 amide bonds. The van der Waals surface area contributed by atoms with Crippen molar-refractivity contribution in [3.63, 3.8) is 0 Å². The summed E-state index contributed by atoms with van der Waals surface area (Å²) in [5.41, 5.74) is 6.47. The molecule has 4 N–H and O–H groups in total. The summed E-state index contributed by atoms with van der Waals surface area (Å²) in [6.07, 6.45) is 9.33. The Bertz CT molecular complexity index is 2120. The van der Waals surface area contributed by atoms with Crippen LogP contribution in [-0.2, 0) is 21.4 Å². The van der Waals surface area contributed by atoms with E-state index in [4.69, 9.17) is 0 Å². The van der Waals surface area contributed by atoms with Gasteiger partial charge in [0.15, 0.2) is 0 Å². The van der Waals surface area contributed by atoms with Crippen LogP contribution in [0.1, 0.15) is 19.4 Å². The summed E-state index contributed by atoms with van der Waals surface area (Å²) in [6, 6.07) is 10.1. The number of H-pyrrole nitrogens is 2. The Kier molecular flexibility index (Phi) is 7.20. The molecule has 5 heterocycles. The van der Waals surface area contributed by atoms with E-state index in [9.17, 15) is 17.6 Å². The zero-order valence-corrected chi connectivity index (χ0v) is 24.3. The number of sulfonamides is 1. The van der Waals surface area contributed by atoms with Crippen LogP contribution in [0.3, 0.4) is 0 Å². The van der Waals surface area contributed by atoms with Gasteiger partial charge in [0.25, 0.3) is 0 Å². The minimum Gasteiger partial charge on any atom is -0.352 e. The topological polar surface area (TPSA) is 158 Å². The van der Waals surface area contributed by atoms with Gasteiger partial charge in [0, 0.05) is 46.8 Å². The van der Waals surface area contributed by atoms with Crippen molar-refractivity contribution in [2.75, 3.05) is 11.6 Å². The molecule has 0 bridgehead atoms. The largest absolute Gasteiger partial charge is 0.352 e. The highest BCUT2D eigenvalue weighted by molar-refractivity contribution is 7.88. The fourth-order valence-corrected chi connectivity index (χ4v) is 5.17. The normalized spacial score (nSPS) is 11.9. The number of benzene rings is 1. The van der Waals surface area contributed by atoms with Crippen LogP contribution in [0, 0.1) is 11.7 Å². The number of carbonyl (C=O) groups excluding carboxylic acids is 1. The third-order valence-corrected chi connectivity index (χ3v) is 7.55. The summed E-state index contributed by atoms with van der Waals surface area (Å²) in [4.78, 5) is 28.7. The predicted molar refractivity (Wildman–Crippen MR) is 163 cm³/mol. The maximum absolute atomic E-state index is 14.6. The number of fused-ring (bicyclic) bond motifs is 2. The maximum Gasteiger partial charge on any atom is 0.226 e. The smallest absolute Gasteiger partial charge is 0.226 e. The van der Waals surface area contributed by atoms with Gasteiger partial charge in [-0.1, -0.05) is 13.8 Å². The molecule has 0 aliphatic rings. The van der Waals surface area contributed by atoms with Crippen molar-refractivity contribution in [2.24, 2.45) is 5.92 Å². The second-order valence-corrected chi connectivity index (χ2v) is 12.4. The lowest BCUT2D eigenvalue weighted by Gasteiger charge is -2.08. The molecule has 6 rings (SSSR count). The summed E-state index contributed by atoms with van der Waals surface area (Å²) in [5.74, 6) is -0.762. The maximum atomic E-state index is 14.6. The van der Waals surface area contributed by atoms with Gasteiger partial charge in [-0.15, -0.1) is 0 Å². The second-order valence-electron chi connectivity index (χ2n) is 10.6. The van der Waals surface area contributed by atoms with Crippen molar-refractivity contribution < 1.29 is 17.6 Å². The molecule has 0 saturated carbocycles. The molecule has 0 atom stereocenters. The molecular weight excluding hydrogens is 571 g/mol. The van der Waals surface area contributed by atoms with Gasteiger partial charge < -0.3 is 10.3 Å². The van der Waals surface area contributed by atoms with Crippen molar-refractivity contribution in [1.29, 1.82) is 0 Å². The molecule has 0 spiro atoms. The van der Waals surface area contributed by atoms with Crippen molar-refractivity contribution >= 4 is 43.4 Å². The Balaban J connectivity index is 1.38. The number of nitrogens with one attached hydrogen (secondary N) is 4. The van der Waals surface area contributed by atoms with E-state index in [1.54, 1.807) is 37.1 Å². The molecule has 0 aliphatic carbocycles. The van der Waals surface area contributed by atoms with Crippen molar-refractivity contribution in [3.05, 3.63) is 78.8 Å². The van der Waals surface area contributed by atoms with Crippen LogP contribution in [0.4, 0.5) is 10.1 Å². The number of halogens is 1. The molecule has 1 aromatic carbocycles. The van der Waals surface area contributed by atoms with Gasteiger partial charge in [0.05, 0.1) is 53.0 Å². The van der Waals surface area contributed by atoms with E-state index in [-0.39, 0.29) is 18.4 Å². The lowest BCUT2D eigenvalue weighted by Crippen LogP contribution is -2.21. The quantitative estimate of drug-likeness (QED) is 0.192. The van der Waals surface area contributed by atoms with Gasteiger partial charge in [-0.25, -0.2) is 17.5 Å². The summed E-state index contributed by atoms with van der Waals surface area (Å²) in [6.45, 7) is 3.60. The van der Waals surface area contributed by atoms with E-state index in [0.29, 0.717) is 39.5 Å². The first-order chi connectivity index (χ1) is 20.5. The van der Waals surface area contributed by atoms with Crippen LogP contribution in [0.5, 0.6) is 0 Å². The zero-order valence-electron chi connectivity index (χ0n) is 23.4. The number of pyridine rings is 3. The Morgan fingerprint density at radius 3 is 2.53 bits per heavy atom. The van der Waals surface area contributed by atoms with E-state index in [2.05, 4.69) is 40.2 Å². The number of nitrogens with zero attached hydrogens (tertiary/aromatic N) is 4. The van der Waals surface area contributed by atoms with E-state index in [1.165, 1.54) is 12.1 Å². The minimum atomic E-state index is -3.44. The average molecular weight is 599 g/mol. The first-order valence-corrected chi connectivity index (χ1v) is 15.2. The van der Waals surface area contributed by atoms with Crippen LogP contribution >= 0.6 is 0 Å². The highest BCUT2D eigenvalue weighted by atomic mass is 32.2. The number of aromatic nitrogens is 6. The van der Waals surface area contributed by atoms with Crippen LogP contribution in [0.15, 0.2) is 67.4 Å². The number of hydrogen-bond acceptors (Lipinski definition) is 7. The van der Waals surface area contributed by atoms with Crippen molar-refractivity contribution in [1.82, 2.24) is 34.9 Å². The number of aromatic amines is 2. The summed E-state index contributed by atoms with van der Waals surface area (Å²) >= 11 is 0. The molecule has 0 saturated heterocycles. The Morgan fingerprint density at radius 2 is 1.74 bits per heavy atom. The number of anilines is 1. The SMILES string of the molecule is CC(C)C(=O)Nc1cncc(-c2cc3c(-c4cc5c(-c6cc(F)cc(CNS(C)(=O)=O)c6)cncc5[nH]4)n[nH]c3cn2)c1. The number of rotatable bonds is 8. The third-order valence-electron chi connectivity index (χ3n) is 6.88. The van der Waals surface area contributed by atoms with E-state index < -0.39 is 15.8 Å². The molecule has 5 aromatic heterocycles. The summed E-state index contributed by atoms with van der Waals surface area (Å²) < 4.78 is 40.1. The average Bonchev–Trinajstić information content (AvgIpc) is 3.59. The van der Waals surface area contributed by atoms with Gasteiger partial charge in [-0.2, -0.15) is 5.10 Å². The lowest BCUT2D eigenvalue weighted by atomic mass is 10.0. The highest BCUT2D eigenvalue weighted by Gasteiger charge is 2.17.